The summed E-state index contributed by atoms with van der Waals surface area (Å²) in [6, 6.07) is 13.9. The van der Waals surface area contributed by atoms with Gasteiger partial charge in [0, 0.05) is 12.1 Å². The number of hydrogen-bond acceptors (Lipinski definition) is 5. The first-order chi connectivity index (χ1) is 14.3. The molecule has 1 heterocycles. The number of benzene rings is 2. The minimum absolute atomic E-state index is 0.124. The number of likely N-dealkylation sites (tertiary alicyclic amines) is 1. The normalized spacial score (nSPS) is 18.3. The Bertz CT molecular complexity index is 946. The minimum atomic E-state index is -0.654. The van der Waals surface area contributed by atoms with E-state index in [1.807, 2.05) is 50.2 Å². The van der Waals surface area contributed by atoms with Crippen LogP contribution in [0.25, 0.3) is 5.76 Å². The summed E-state index contributed by atoms with van der Waals surface area (Å²) in [5, 5.41) is 11.0. The zero-order chi connectivity index (χ0) is 21.8. The Morgan fingerprint density at radius 1 is 1.07 bits per heavy atom. The van der Waals surface area contributed by atoms with Crippen LogP contribution < -0.4 is 4.74 Å². The van der Waals surface area contributed by atoms with Crippen molar-refractivity contribution in [1.29, 1.82) is 0 Å². The molecule has 0 aromatic heterocycles. The maximum Gasteiger partial charge on any atom is 0.295 e. The minimum Gasteiger partial charge on any atom is -0.507 e. The highest BCUT2D eigenvalue weighted by molar-refractivity contribution is 6.46. The van der Waals surface area contributed by atoms with Crippen LogP contribution in [0.3, 0.4) is 0 Å². The van der Waals surface area contributed by atoms with Crippen LogP contribution in [-0.4, -0.2) is 60.9 Å². The van der Waals surface area contributed by atoms with Crippen molar-refractivity contribution in [2.45, 2.75) is 19.4 Å². The third kappa shape index (κ3) is 4.39. The molecule has 1 atom stereocenters. The van der Waals surface area contributed by atoms with E-state index in [1.54, 1.807) is 36.3 Å². The van der Waals surface area contributed by atoms with Gasteiger partial charge in [-0.3, -0.25) is 9.59 Å². The summed E-state index contributed by atoms with van der Waals surface area (Å²) in [6.45, 7) is 3.16. The summed E-state index contributed by atoms with van der Waals surface area (Å²) in [7, 11) is 5.51. The average molecular weight is 408 g/mol. The van der Waals surface area contributed by atoms with Crippen LogP contribution in [0.15, 0.2) is 54.1 Å². The predicted molar refractivity (Wildman–Crippen MR) is 116 cm³/mol. The molecule has 0 unspecified atom stereocenters. The molecule has 0 bridgehead atoms. The summed E-state index contributed by atoms with van der Waals surface area (Å²) in [6.07, 6.45) is 0.719. The van der Waals surface area contributed by atoms with Gasteiger partial charge in [0.25, 0.3) is 11.7 Å². The molecular formula is C24H28N2O4. The molecule has 2 aromatic carbocycles. The number of methoxy groups -OCH3 is 1. The molecule has 0 spiro atoms. The number of aryl methyl sites for hydroxylation is 1. The maximum atomic E-state index is 13.0. The standard InChI is InChI=1S/C24H28N2O4/c1-16-6-8-18(9-7-16)22(27)20-21(17-10-12-19(30-4)13-11-17)26(24(29)23(20)28)15-5-14-25(2)3/h6-13,21,27H,5,14-15H2,1-4H3/b22-20+/t21-/m1/s1. The van der Waals surface area contributed by atoms with Gasteiger partial charge in [-0.1, -0.05) is 42.0 Å². The first kappa shape index (κ1) is 21.6. The smallest absolute Gasteiger partial charge is 0.295 e. The number of carbonyl (C=O) groups excluding carboxylic acids is 2. The van der Waals surface area contributed by atoms with Crippen LogP contribution >= 0.6 is 0 Å². The van der Waals surface area contributed by atoms with Crippen LogP contribution in [0.2, 0.25) is 0 Å². The number of aliphatic hydroxyl groups excluding tert-OH is 1. The molecule has 1 aliphatic heterocycles. The van der Waals surface area contributed by atoms with Crippen molar-refractivity contribution in [2.24, 2.45) is 0 Å². The fourth-order valence-electron chi connectivity index (χ4n) is 3.67. The highest BCUT2D eigenvalue weighted by Crippen LogP contribution is 2.39. The third-order valence-electron chi connectivity index (χ3n) is 5.30. The van der Waals surface area contributed by atoms with Gasteiger partial charge in [0.15, 0.2) is 0 Å². The average Bonchev–Trinajstić information content (AvgIpc) is 2.98. The lowest BCUT2D eigenvalue weighted by Gasteiger charge is -2.26. The summed E-state index contributed by atoms with van der Waals surface area (Å²) in [5.41, 5.74) is 2.44. The lowest BCUT2D eigenvalue weighted by molar-refractivity contribution is -0.139. The summed E-state index contributed by atoms with van der Waals surface area (Å²) >= 11 is 0. The Labute approximate surface area is 177 Å². The van der Waals surface area contributed by atoms with Gasteiger partial charge in [-0.05, 0) is 51.7 Å². The van der Waals surface area contributed by atoms with E-state index in [0.717, 1.165) is 24.1 Å². The highest BCUT2D eigenvalue weighted by atomic mass is 16.5. The van der Waals surface area contributed by atoms with Gasteiger partial charge in [-0.15, -0.1) is 0 Å². The molecule has 0 radical (unpaired) electrons. The van der Waals surface area contributed by atoms with E-state index in [1.165, 1.54) is 0 Å². The predicted octanol–water partition coefficient (Wildman–Crippen LogP) is 3.38. The first-order valence-electron chi connectivity index (χ1n) is 9.97. The molecule has 6 nitrogen and oxygen atoms in total. The summed E-state index contributed by atoms with van der Waals surface area (Å²) in [4.78, 5) is 29.4. The lowest BCUT2D eigenvalue weighted by atomic mass is 9.95. The molecule has 1 fully saturated rings. The van der Waals surface area contributed by atoms with E-state index in [0.29, 0.717) is 17.9 Å². The van der Waals surface area contributed by atoms with Gasteiger partial charge < -0.3 is 19.6 Å². The number of rotatable bonds is 7. The Morgan fingerprint density at radius 3 is 2.27 bits per heavy atom. The Balaban J connectivity index is 2.07. The second kappa shape index (κ2) is 9.13. The van der Waals surface area contributed by atoms with Crippen molar-refractivity contribution >= 4 is 17.4 Å². The topological polar surface area (TPSA) is 70.1 Å². The monoisotopic (exact) mass is 408 g/mol. The molecule has 1 N–H and O–H groups in total. The van der Waals surface area contributed by atoms with E-state index in [9.17, 15) is 14.7 Å². The van der Waals surface area contributed by atoms with Crippen LogP contribution in [0, 0.1) is 6.92 Å². The lowest BCUT2D eigenvalue weighted by Crippen LogP contribution is -2.32. The molecule has 1 saturated heterocycles. The van der Waals surface area contributed by atoms with Gasteiger partial charge in [0.2, 0.25) is 0 Å². The van der Waals surface area contributed by atoms with E-state index in [4.69, 9.17) is 4.74 Å². The molecule has 158 valence electrons. The van der Waals surface area contributed by atoms with E-state index < -0.39 is 17.7 Å². The third-order valence-corrected chi connectivity index (χ3v) is 5.30. The number of amides is 1. The van der Waals surface area contributed by atoms with Crippen molar-refractivity contribution in [3.05, 3.63) is 70.8 Å². The van der Waals surface area contributed by atoms with Crippen molar-refractivity contribution in [3.8, 4) is 5.75 Å². The fraction of sp³-hybridized carbons (Fsp3) is 0.333. The van der Waals surface area contributed by atoms with E-state index in [2.05, 4.69) is 0 Å². The van der Waals surface area contributed by atoms with Gasteiger partial charge in [-0.2, -0.15) is 0 Å². The molecule has 3 rings (SSSR count). The molecule has 1 amide bonds. The highest BCUT2D eigenvalue weighted by Gasteiger charge is 2.45. The number of ether oxygens (including phenoxy) is 1. The molecule has 1 aliphatic rings. The van der Waals surface area contributed by atoms with Crippen LogP contribution in [0.5, 0.6) is 5.75 Å². The molecule has 2 aromatic rings. The van der Waals surface area contributed by atoms with E-state index in [-0.39, 0.29) is 11.3 Å². The fourth-order valence-corrected chi connectivity index (χ4v) is 3.67. The van der Waals surface area contributed by atoms with Gasteiger partial charge in [0.05, 0.1) is 18.7 Å². The first-order valence-corrected chi connectivity index (χ1v) is 9.97. The van der Waals surface area contributed by atoms with Gasteiger partial charge in [0.1, 0.15) is 11.5 Å². The molecular weight excluding hydrogens is 380 g/mol. The number of Topliss-reactive ketones (excluding diaryl/α,β-unsaturated/α-hetero) is 1. The van der Waals surface area contributed by atoms with Crippen LogP contribution in [0.4, 0.5) is 0 Å². The van der Waals surface area contributed by atoms with Crippen LogP contribution in [-0.2, 0) is 9.59 Å². The van der Waals surface area contributed by atoms with Gasteiger partial charge >= 0.3 is 0 Å². The Hall–Kier alpha value is -3.12. The SMILES string of the molecule is COc1ccc([C@@H]2/C(=C(\O)c3ccc(C)cc3)C(=O)C(=O)N2CCCN(C)C)cc1. The molecule has 30 heavy (non-hydrogen) atoms. The molecule has 0 aliphatic carbocycles. The second-order valence-electron chi connectivity index (χ2n) is 7.79. The Kier molecular flexibility index (Phi) is 6.57. The van der Waals surface area contributed by atoms with Crippen molar-refractivity contribution in [3.63, 3.8) is 0 Å². The number of carbonyl (C=O) groups is 2. The van der Waals surface area contributed by atoms with Crippen molar-refractivity contribution in [1.82, 2.24) is 9.80 Å². The summed E-state index contributed by atoms with van der Waals surface area (Å²) < 4.78 is 5.23. The maximum absolute atomic E-state index is 13.0. The number of nitrogens with zero attached hydrogens (tertiary/aromatic N) is 2. The van der Waals surface area contributed by atoms with E-state index >= 15 is 0 Å². The zero-order valence-corrected chi connectivity index (χ0v) is 17.9. The Morgan fingerprint density at radius 2 is 1.70 bits per heavy atom. The summed E-state index contributed by atoms with van der Waals surface area (Å²) in [5.74, 6) is -0.701. The largest absolute Gasteiger partial charge is 0.507 e. The number of hydrogen-bond donors (Lipinski definition) is 1. The quantitative estimate of drug-likeness (QED) is 0.432. The zero-order valence-electron chi connectivity index (χ0n) is 17.9. The number of ketones is 1. The van der Waals surface area contributed by atoms with Crippen molar-refractivity contribution in [2.75, 3.05) is 34.3 Å². The van der Waals surface area contributed by atoms with Crippen molar-refractivity contribution < 1.29 is 19.4 Å². The van der Waals surface area contributed by atoms with Gasteiger partial charge in [-0.25, -0.2) is 0 Å². The molecule has 0 saturated carbocycles. The van der Waals surface area contributed by atoms with Crippen LogP contribution in [0.1, 0.15) is 29.2 Å². The molecule has 6 heteroatoms. The second-order valence-corrected chi connectivity index (χ2v) is 7.79. The number of aliphatic hydroxyl groups is 1.